The van der Waals surface area contributed by atoms with Gasteiger partial charge in [0.05, 0.1) is 5.56 Å². The van der Waals surface area contributed by atoms with Gasteiger partial charge in [0.15, 0.2) is 0 Å². The third-order valence-corrected chi connectivity index (χ3v) is 3.03. The SMILES string of the molecule is Cl.N[C@@H]1CCN(C(=O)c2ccc(F)c(C(F)(F)F)c2)C1. The summed E-state index contributed by atoms with van der Waals surface area (Å²) in [4.78, 5) is 13.3. The Balaban J connectivity index is 0.00000200. The van der Waals surface area contributed by atoms with Gasteiger partial charge >= 0.3 is 6.18 Å². The minimum absolute atomic E-state index is 0. The minimum atomic E-state index is -4.82. The van der Waals surface area contributed by atoms with E-state index in [2.05, 4.69) is 0 Å². The Hall–Kier alpha value is -1.34. The van der Waals surface area contributed by atoms with Gasteiger partial charge < -0.3 is 10.6 Å². The van der Waals surface area contributed by atoms with Crippen molar-refractivity contribution in [3.8, 4) is 0 Å². The molecule has 1 heterocycles. The highest BCUT2D eigenvalue weighted by Gasteiger charge is 2.35. The molecule has 1 saturated heterocycles. The number of nitrogens with zero attached hydrogens (tertiary/aromatic N) is 1. The summed E-state index contributed by atoms with van der Waals surface area (Å²) in [6, 6.07) is 2.09. The molecule has 1 atom stereocenters. The van der Waals surface area contributed by atoms with Crippen LogP contribution in [0.3, 0.4) is 0 Å². The topological polar surface area (TPSA) is 46.3 Å². The highest BCUT2D eigenvalue weighted by molar-refractivity contribution is 5.94. The number of alkyl halides is 3. The van der Waals surface area contributed by atoms with Crippen LogP contribution >= 0.6 is 12.4 Å². The third kappa shape index (κ3) is 3.40. The van der Waals surface area contributed by atoms with E-state index in [-0.39, 0.29) is 24.0 Å². The summed E-state index contributed by atoms with van der Waals surface area (Å²) in [5.41, 5.74) is 4.02. The second-order valence-corrected chi connectivity index (χ2v) is 4.49. The van der Waals surface area contributed by atoms with Crippen molar-refractivity contribution in [2.45, 2.75) is 18.6 Å². The van der Waals surface area contributed by atoms with E-state index in [1.807, 2.05) is 0 Å². The first-order valence-corrected chi connectivity index (χ1v) is 5.70. The second-order valence-electron chi connectivity index (χ2n) is 4.49. The molecule has 0 aromatic heterocycles. The van der Waals surface area contributed by atoms with Crippen molar-refractivity contribution >= 4 is 18.3 Å². The zero-order chi connectivity index (χ0) is 14.2. The molecule has 3 nitrogen and oxygen atoms in total. The lowest BCUT2D eigenvalue weighted by atomic mass is 10.1. The van der Waals surface area contributed by atoms with Gasteiger partial charge in [0, 0.05) is 24.7 Å². The molecule has 0 aliphatic carbocycles. The van der Waals surface area contributed by atoms with Gasteiger partial charge in [-0.1, -0.05) is 0 Å². The number of rotatable bonds is 1. The molecule has 112 valence electrons. The lowest BCUT2D eigenvalue weighted by Gasteiger charge is -2.17. The zero-order valence-electron chi connectivity index (χ0n) is 10.3. The average molecular weight is 313 g/mol. The number of carbonyl (C=O) groups is 1. The molecule has 1 aliphatic heterocycles. The zero-order valence-corrected chi connectivity index (χ0v) is 11.1. The van der Waals surface area contributed by atoms with Gasteiger partial charge in [-0.2, -0.15) is 13.2 Å². The number of amides is 1. The molecule has 1 fully saturated rings. The van der Waals surface area contributed by atoms with E-state index < -0.39 is 23.5 Å². The summed E-state index contributed by atoms with van der Waals surface area (Å²) in [5, 5.41) is 0. The highest BCUT2D eigenvalue weighted by Crippen LogP contribution is 2.32. The molecule has 1 amide bonds. The maximum absolute atomic E-state index is 13.1. The molecule has 1 aromatic rings. The Morgan fingerprint density at radius 1 is 1.35 bits per heavy atom. The van der Waals surface area contributed by atoms with Gasteiger partial charge in [0.1, 0.15) is 5.82 Å². The van der Waals surface area contributed by atoms with Gasteiger partial charge in [0.2, 0.25) is 0 Å². The molecule has 0 unspecified atom stereocenters. The van der Waals surface area contributed by atoms with Crippen molar-refractivity contribution < 1.29 is 22.4 Å². The maximum Gasteiger partial charge on any atom is 0.419 e. The van der Waals surface area contributed by atoms with Gasteiger partial charge in [-0.05, 0) is 24.6 Å². The molecule has 2 rings (SSSR count). The van der Waals surface area contributed by atoms with Crippen molar-refractivity contribution in [2.24, 2.45) is 5.73 Å². The number of benzene rings is 1. The summed E-state index contributed by atoms with van der Waals surface area (Å²) >= 11 is 0. The van der Waals surface area contributed by atoms with Crippen molar-refractivity contribution in [3.05, 3.63) is 35.1 Å². The summed E-state index contributed by atoms with van der Waals surface area (Å²) in [5.74, 6) is -1.94. The fourth-order valence-corrected chi connectivity index (χ4v) is 2.03. The molecule has 2 N–H and O–H groups in total. The average Bonchev–Trinajstić information content (AvgIpc) is 2.74. The normalized spacial score (nSPS) is 18.9. The predicted molar refractivity (Wildman–Crippen MR) is 67.1 cm³/mol. The largest absolute Gasteiger partial charge is 0.419 e. The standard InChI is InChI=1S/C12H12F4N2O.ClH/c13-10-2-1-7(5-9(10)12(14,15)16)11(19)18-4-3-8(17)6-18;/h1-2,5,8H,3-4,6,17H2;1H/t8-;/m1./s1. The molecule has 0 saturated carbocycles. The number of nitrogens with two attached hydrogens (primary N) is 1. The van der Waals surface area contributed by atoms with Crippen LogP contribution in [-0.2, 0) is 6.18 Å². The highest BCUT2D eigenvalue weighted by atomic mass is 35.5. The van der Waals surface area contributed by atoms with Crippen LogP contribution in [0.2, 0.25) is 0 Å². The lowest BCUT2D eigenvalue weighted by molar-refractivity contribution is -0.140. The van der Waals surface area contributed by atoms with Crippen LogP contribution in [0.5, 0.6) is 0 Å². The number of hydrogen-bond acceptors (Lipinski definition) is 2. The summed E-state index contributed by atoms with van der Waals surface area (Å²) in [6.07, 6.45) is -4.21. The van der Waals surface area contributed by atoms with Crippen LogP contribution in [0.15, 0.2) is 18.2 Å². The first-order valence-electron chi connectivity index (χ1n) is 5.70. The summed E-state index contributed by atoms with van der Waals surface area (Å²) in [7, 11) is 0. The second kappa shape index (κ2) is 5.97. The fraction of sp³-hybridized carbons (Fsp3) is 0.417. The summed E-state index contributed by atoms with van der Waals surface area (Å²) in [6.45, 7) is 0.705. The Labute approximate surface area is 119 Å². The van der Waals surface area contributed by atoms with Crippen LogP contribution in [-0.4, -0.2) is 29.9 Å². The van der Waals surface area contributed by atoms with Crippen molar-refractivity contribution in [2.75, 3.05) is 13.1 Å². The first-order chi connectivity index (χ1) is 8.79. The number of likely N-dealkylation sites (tertiary alicyclic amines) is 1. The minimum Gasteiger partial charge on any atom is -0.337 e. The molecular weight excluding hydrogens is 300 g/mol. The van der Waals surface area contributed by atoms with Crippen molar-refractivity contribution in [1.82, 2.24) is 4.90 Å². The van der Waals surface area contributed by atoms with Gasteiger partial charge in [-0.3, -0.25) is 4.79 Å². The van der Waals surface area contributed by atoms with Crippen LogP contribution in [0, 0.1) is 5.82 Å². The molecule has 0 bridgehead atoms. The van der Waals surface area contributed by atoms with Gasteiger partial charge in [-0.15, -0.1) is 12.4 Å². The van der Waals surface area contributed by atoms with E-state index in [0.717, 1.165) is 6.07 Å². The van der Waals surface area contributed by atoms with E-state index in [9.17, 15) is 22.4 Å². The maximum atomic E-state index is 13.1. The van der Waals surface area contributed by atoms with E-state index in [4.69, 9.17) is 5.73 Å². The fourth-order valence-electron chi connectivity index (χ4n) is 2.03. The molecule has 1 aliphatic rings. The Kier molecular flexibility index (Phi) is 4.99. The third-order valence-electron chi connectivity index (χ3n) is 3.03. The quantitative estimate of drug-likeness (QED) is 0.810. The Morgan fingerprint density at radius 2 is 2.00 bits per heavy atom. The number of carbonyl (C=O) groups excluding carboxylic acids is 1. The smallest absolute Gasteiger partial charge is 0.337 e. The van der Waals surface area contributed by atoms with Crippen molar-refractivity contribution in [3.63, 3.8) is 0 Å². The molecular formula is C12H13ClF4N2O. The van der Waals surface area contributed by atoms with E-state index in [1.54, 1.807) is 0 Å². The number of halogens is 5. The molecule has 1 aromatic carbocycles. The van der Waals surface area contributed by atoms with Crippen LogP contribution < -0.4 is 5.73 Å². The Morgan fingerprint density at radius 3 is 2.50 bits per heavy atom. The summed E-state index contributed by atoms with van der Waals surface area (Å²) < 4.78 is 50.7. The molecule has 20 heavy (non-hydrogen) atoms. The lowest BCUT2D eigenvalue weighted by Crippen LogP contribution is -2.32. The van der Waals surface area contributed by atoms with Crippen molar-refractivity contribution in [1.29, 1.82) is 0 Å². The van der Waals surface area contributed by atoms with Crippen LogP contribution in [0.25, 0.3) is 0 Å². The molecule has 0 spiro atoms. The molecule has 0 radical (unpaired) electrons. The predicted octanol–water partition coefficient (Wildman–Crippen LogP) is 2.44. The van der Waals surface area contributed by atoms with E-state index in [0.29, 0.717) is 31.6 Å². The monoisotopic (exact) mass is 312 g/mol. The Bertz CT molecular complexity index is 507. The van der Waals surface area contributed by atoms with Gasteiger partial charge in [-0.25, -0.2) is 4.39 Å². The van der Waals surface area contributed by atoms with Gasteiger partial charge in [0.25, 0.3) is 5.91 Å². The first kappa shape index (κ1) is 16.7. The van der Waals surface area contributed by atoms with E-state index >= 15 is 0 Å². The van der Waals surface area contributed by atoms with Crippen LogP contribution in [0.4, 0.5) is 17.6 Å². The van der Waals surface area contributed by atoms with E-state index in [1.165, 1.54) is 4.90 Å². The van der Waals surface area contributed by atoms with Crippen LogP contribution in [0.1, 0.15) is 22.3 Å². The number of hydrogen-bond donors (Lipinski definition) is 1. The molecule has 8 heteroatoms.